The summed E-state index contributed by atoms with van der Waals surface area (Å²) >= 11 is 13.2. The number of cyclic esters (lactones) is 1. The minimum absolute atomic E-state index is 0.198. The number of anilines is 1. The summed E-state index contributed by atoms with van der Waals surface area (Å²) in [7, 11) is 0. The van der Waals surface area contributed by atoms with Gasteiger partial charge in [-0.05, 0) is 35.7 Å². The minimum Gasteiger partial charge on any atom is -0.482 e. The zero-order valence-electron chi connectivity index (χ0n) is 12.9. The van der Waals surface area contributed by atoms with Crippen LogP contribution in [-0.2, 0) is 9.53 Å². The number of nitrogens with one attached hydrogen (secondary N) is 1. The van der Waals surface area contributed by atoms with E-state index in [1.54, 1.807) is 17.0 Å². The van der Waals surface area contributed by atoms with E-state index in [4.69, 9.17) is 32.7 Å². The highest BCUT2D eigenvalue weighted by Crippen LogP contribution is 2.27. The Bertz CT molecular complexity index is 770. The molecule has 1 saturated heterocycles. The molecule has 1 aliphatic rings. The fourth-order valence-electron chi connectivity index (χ4n) is 2.25. The summed E-state index contributed by atoms with van der Waals surface area (Å²) in [6.45, 7) is 0.407. The average Bonchev–Trinajstić information content (AvgIpc) is 3.21. The van der Waals surface area contributed by atoms with Crippen molar-refractivity contribution in [2.24, 2.45) is 0 Å². The standard InChI is InChI=1S/C16H14Cl2N2O4S/c17-10-3-4-13(12(18)6-10)23-9-14(21)19-7-11-8-20(16(22)24-11)15-2-1-5-25-15/h1-6,11H,7-9H2,(H,19,21). The molecule has 25 heavy (non-hydrogen) atoms. The van der Waals surface area contributed by atoms with Crippen LogP contribution in [0.5, 0.6) is 5.75 Å². The molecule has 132 valence electrons. The van der Waals surface area contributed by atoms with Gasteiger partial charge in [0.1, 0.15) is 16.9 Å². The third-order valence-corrected chi connectivity index (χ3v) is 4.85. The van der Waals surface area contributed by atoms with Crippen molar-refractivity contribution in [3.63, 3.8) is 0 Å². The molecule has 1 unspecified atom stereocenters. The first kappa shape index (κ1) is 17.8. The van der Waals surface area contributed by atoms with Crippen LogP contribution in [0.1, 0.15) is 0 Å². The fraction of sp³-hybridized carbons (Fsp3) is 0.250. The number of benzene rings is 1. The van der Waals surface area contributed by atoms with E-state index in [2.05, 4.69) is 5.32 Å². The third kappa shape index (κ3) is 4.56. The summed E-state index contributed by atoms with van der Waals surface area (Å²) in [5, 5.41) is 6.20. The van der Waals surface area contributed by atoms with Crippen LogP contribution in [0.25, 0.3) is 0 Å². The van der Waals surface area contributed by atoms with Crippen molar-refractivity contribution in [1.82, 2.24) is 5.32 Å². The summed E-state index contributed by atoms with van der Waals surface area (Å²) in [6, 6.07) is 8.46. The van der Waals surface area contributed by atoms with E-state index >= 15 is 0 Å². The lowest BCUT2D eigenvalue weighted by Crippen LogP contribution is -2.37. The Morgan fingerprint density at radius 2 is 2.24 bits per heavy atom. The highest BCUT2D eigenvalue weighted by molar-refractivity contribution is 7.14. The van der Waals surface area contributed by atoms with Crippen LogP contribution in [0, 0.1) is 0 Å². The largest absolute Gasteiger partial charge is 0.482 e. The molecule has 2 heterocycles. The Kier molecular flexibility index (Phi) is 5.67. The molecule has 2 aromatic rings. The molecule has 2 amide bonds. The topological polar surface area (TPSA) is 67.9 Å². The van der Waals surface area contributed by atoms with Gasteiger partial charge in [0.2, 0.25) is 0 Å². The summed E-state index contributed by atoms with van der Waals surface area (Å²) in [6.07, 6.45) is -0.816. The number of hydrogen-bond acceptors (Lipinski definition) is 5. The van der Waals surface area contributed by atoms with Crippen molar-refractivity contribution in [3.05, 3.63) is 45.8 Å². The summed E-state index contributed by atoms with van der Waals surface area (Å²) in [5.41, 5.74) is 0. The zero-order chi connectivity index (χ0) is 17.8. The average molecular weight is 401 g/mol. The molecule has 0 radical (unpaired) electrons. The molecular weight excluding hydrogens is 387 g/mol. The molecule has 1 N–H and O–H groups in total. The number of nitrogens with zero attached hydrogens (tertiary/aromatic N) is 1. The number of carbonyl (C=O) groups is 2. The van der Waals surface area contributed by atoms with Gasteiger partial charge in [0.15, 0.2) is 6.61 Å². The van der Waals surface area contributed by atoms with Crippen LogP contribution in [0.2, 0.25) is 10.0 Å². The van der Waals surface area contributed by atoms with E-state index in [0.717, 1.165) is 5.00 Å². The molecule has 0 saturated carbocycles. The van der Waals surface area contributed by atoms with Gasteiger partial charge in [-0.15, -0.1) is 11.3 Å². The highest BCUT2D eigenvalue weighted by Gasteiger charge is 2.32. The van der Waals surface area contributed by atoms with Crippen molar-refractivity contribution >= 4 is 51.5 Å². The van der Waals surface area contributed by atoms with E-state index in [9.17, 15) is 9.59 Å². The van der Waals surface area contributed by atoms with Crippen LogP contribution >= 0.6 is 34.5 Å². The molecule has 1 atom stereocenters. The second-order valence-corrected chi connectivity index (χ2v) is 7.00. The maximum absolute atomic E-state index is 11.9. The second-order valence-electron chi connectivity index (χ2n) is 5.24. The zero-order valence-corrected chi connectivity index (χ0v) is 15.2. The molecular formula is C16H14Cl2N2O4S. The number of thiophene rings is 1. The molecule has 1 fully saturated rings. The SMILES string of the molecule is O=C(COc1ccc(Cl)cc1Cl)NCC1CN(c2cccs2)C(=O)O1. The molecule has 0 spiro atoms. The van der Waals surface area contributed by atoms with E-state index < -0.39 is 12.2 Å². The van der Waals surface area contributed by atoms with E-state index in [0.29, 0.717) is 22.3 Å². The van der Waals surface area contributed by atoms with Crippen molar-refractivity contribution in [2.45, 2.75) is 6.10 Å². The molecule has 1 aliphatic heterocycles. The first-order chi connectivity index (χ1) is 12.0. The molecule has 0 bridgehead atoms. The number of carbonyl (C=O) groups excluding carboxylic acids is 2. The van der Waals surface area contributed by atoms with E-state index in [1.807, 2.05) is 17.5 Å². The number of halogens is 2. The van der Waals surface area contributed by atoms with Crippen molar-refractivity contribution in [3.8, 4) is 5.75 Å². The van der Waals surface area contributed by atoms with Gasteiger partial charge in [0.25, 0.3) is 5.91 Å². The van der Waals surface area contributed by atoms with E-state index in [-0.39, 0.29) is 19.1 Å². The molecule has 9 heteroatoms. The Labute approximate surface area is 158 Å². The number of ether oxygens (including phenoxy) is 2. The predicted molar refractivity (Wildman–Crippen MR) is 96.9 cm³/mol. The summed E-state index contributed by atoms with van der Waals surface area (Å²) in [5.74, 6) is 0.0361. The molecule has 1 aromatic heterocycles. The highest BCUT2D eigenvalue weighted by atomic mass is 35.5. The lowest BCUT2D eigenvalue weighted by atomic mass is 10.3. The normalized spacial score (nSPS) is 16.6. The van der Waals surface area contributed by atoms with Gasteiger partial charge in [-0.3, -0.25) is 9.69 Å². The number of rotatable bonds is 6. The van der Waals surface area contributed by atoms with Gasteiger partial charge in [-0.1, -0.05) is 23.2 Å². The number of hydrogen-bond donors (Lipinski definition) is 1. The Morgan fingerprint density at radius 3 is 2.96 bits per heavy atom. The fourth-order valence-corrected chi connectivity index (χ4v) is 3.44. The third-order valence-electron chi connectivity index (χ3n) is 3.43. The lowest BCUT2D eigenvalue weighted by Gasteiger charge is -2.12. The quantitative estimate of drug-likeness (QED) is 0.804. The first-order valence-corrected chi connectivity index (χ1v) is 9.02. The van der Waals surface area contributed by atoms with E-state index in [1.165, 1.54) is 17.4 Å². The molecule has 0 aliphatic carbocycles. The van der Waals surface area contributed by atoms with Gasteiger partial charge in [-0.2, -0.15) is 0 Å². The molecule has 3 rings (SSSR count). The van der Waals surface area contributed by atoms with Crippen molar-refractivity contribution < 1.29 is 19.1 Å². The summed E-state index contributed by atoms with van der Waals surface area (Å²) < 4.78 is 10.6. The van der Waals surface area contributed by atoms with Gasteiger partial charge in [-0.25, -0.2) is 4.79 Å². The van der Waals surface area contributed by atoms with Crippen LogP contribution in [-0.4, -0.2) is 37.8 Å². The predicted octanol–water partition coefficient (Wildman–Crippen LogP) is 3.58. The monoisotopic (exact) mass is 400 g/mol. The van der Waals surface area contributed by atoms with Gasteiger partial charge in [0, 0.05) is 5.02 Å². The first-order valence-electron chi connectivity index (χ1n) is 7.39. The van der Waals surface area contributed by atoms with Crippen molar-refractivity contribution in [2.75, 3.05) is 24.6 Å². The Balaban J connectivity index is 1.44. The lowest BCUT2D eigenvalue weighted by molar-refractivity contribution is -0.123. The second kappa shape index (κ2) is 7.95. The maximum atomic E-state index is 11.9. The van der Waals surface area contributed by atoms with Gasteiger partial charge in [0.05, 0.1) is 18.1 Å². The van der Waals surface area contributed by atoms with Gasteiger partial charge < -0.3 is 14.8 Å². The molecule has 1 aromatic carbocycles. The summed E-state index contributed by atoms with van der Waals surface area (Å²) in [4.78, 5) is 25.3. The minimum atomic E-state index is -0.411. The number of amides is 2. The maximum Gasteiger partial charge on any atom is 0.415 e. The van der Waals surface area contributed by atoms with Crippen LogP contribution in [0.3, 0.4) is 0 Å². The smallest absolute Gasteiger partial charge is 0.415 e. The van der Waals surface area contributed by atoms with Crippen LogP contribution in [0.4, 0.5) is 9.80 Å². The molecule has 6 nitrogen and oxygen atoms in total. The Morgan fingerprint density at radius 1 is 1.40 bits per heavy atom. The van der Waals surface area contributed by atoms with Gasteiger partial charge >= 0.3 is 6.09 Å². The van der Waals surface area contributed by atoms with Crippen LogP contribution in [0.15, 0.2) is 35.7 Å². The van der Waals surface area contributed by atoms with Crippen LogP contribution < -0.4 is 15.0 Å². The Hall–Kier alpha value is -1.96. The van der Waals surface area contributed by atoms with Crippen molar-refractivity contribution in [1.29, 1.82) is 0 Å².